The lowest BCUT2D eigenvalue weighted by Gasteiger charge is -2.32. The SMILES string of the molecule is COc1ccc(C(=O)N2CCN(C)CC2)cc1NC(=O)c1cc(C)n(-c2ccc(F)cc2)c1C. The number of carbonyl (C=O) groups excluding carboxylic acids is 2. The van der Waals surface area contributed by atoms with Crippen molar-refractivity contribution in [1.29, 1.82) is 0 Å². The van der Waals surface area contributed by atoms with Gasteiger partial charge >= 0.3 is 0 Å². The van der Waals surface area contributed by atoms with Crippen LogP contribution in [0.5, 0.6) is 5.75 Å². The molecule has 178 valence electrons. The number of anilines is 1. The summed E-state index contributed by atoms with van der Waals surface area (Å²) in [5, 5.41) is 2.91. The first-order valence-corrected chi connectivity index (χ1v) is 11.2. The van der Waals surface area contributed by atoms with Crippen LogP contribution in [0.2, 0.25) is 0 Å². The quantitative estimate of drug-likeness (QED) is 0.622. The maximum atomic E-state index is 13.4. The fourth-order valence-corrected chi connectivity index (χ4v) is 4.30. The molecule has 1 aliphatic rings. The van der Waals surface area contributed by atoms with Crippen LogP contribution in [0, 0.1) is 19.7 Å². The number of ether oxygens (including phenoxy) is 1. The molecular weight excluding hydrogens is 435 g/mol. The van der Waals surface area contributed by atoms with E-state index in [0.29, 0.717) is 35.7 Å². The number of likely N-dealkylation sites (N-methyl/N-ethyl adjacent to an activating group) is 1. The first-order valence-electron chi connectivity index (χ1n) is 11.2. The summed E-state index contributed by atoms with van der Waals surface area (Å²) in [7, 11) is 3.56. The van der Waals surface area contributed by atoms with E-state index in [1.807, 2.05) is 30.4 Å². The molecule has 1 aliphatic heterocycles. The highest BCUT2D eigenvalue weighted by atomic mass is 19.1. The Morgan fingerprint density at radius 3 is 2.29 bits per heavy atom. The third-order valence-electron chi connectivity index (χ3n) is 6.25. The van der Waals surface area contributed by atoms with Gasteiger partial charge in [-0.1, -0.05) is 0 Å². The van der Waals surface area contributed by atoms with Gasteiger partial charge in [-0.3, -0.25) is 9.59 Å². The number of aromatic nitrogens is 1. The van der Waals surface area contributed by atoms with Crippen molar-refractivity contribution >= 4 is 17.5 Å². The Morgan fingerprint density at radius 2 is 1.65 bits per heavy atom. The molecule has 0 radical (unpaired) electrons. The molecule has 1 saturated heterocycles. The van der Waals surface area contributed by atoms with Crippen LogP contribution in [0.15, 0.2) is 48.5 Å². The molecule has 0 saturated carbocycles. The summed E-state index contributed by atoms with van der Waals surface area (Å²) in [5.74, 6) is -0.234. The molecule has 8 heteroatoms. The number of methoxy groups -OCH3 is 1. The minimum absolute atomic E-state index is 0.0688. The van der Waals surface area contributed by atoms with Crippen molar-refractivity contribution in [2.24, 2.45) is 0 Å². The minimum Gasteiger partial charge on any atom is -0.495 e. The molecule has 0 unspecified atom stereocenters. The predicted molar refractivity (Wildman–Crippen MR) is 130 cm³/mol. The highest BCUT2D eigenvalue weighted by molar-refractivity contribution is 6.07. The van der Waals surface area contributed by atoms with Crippen LogP contribution in [-0.4, -0.2) is 66.5 Å². The summed E-state index contributed by atoms with van der Waals surface area (Å²) >= 11 is 0. The van der Waals surface area contributed by atoms with E-state index in [9.17, 15) is 14.0 Å². The third-order valence-corrected chi connectivity index (χ3v) is 6.25. The van der Waals surface area contributed by atoms with Crippen molar-refractivity contribution in [2.45, 2.75) is 13.8 Å². The summed E-state index contributed by atoms with van der Waals surface area (Å²) < 4.78 is 20.7. The molecule has 7 nitrogen and oxygen atoms in total. The van der Waals surface area contributed by atoms with Gasteiger partial charge in [-0.2, -0.15) is 0 Å². The van der Waals surface area contributed by atoms with Gasteiger partial charge in [-0.05, 0) is 69.4 Å². The number of rotatable bonds is 5. The van der Waals surface area contributed by atoms with Crippen molar-refractivity contribution in [2.75, 3.05) is 45.7 Å². The molecule has 1 N–H and O–H groups in total. The smallest absolute Gasteiger partial charge is 0.257 e. The van der Waals surface area contributed by atoms with Gasteiger partial charge < -0.3 is 24.4 Å². The minimum atomic E-state index is -0.317. The van der Waals surface area contributed by atoms with Gasteiger partial charge in [0, 0.05) is 48.8 Å². The lowest BCUT2D eigenvalue weighted by Crippen LogP contribution is -2.47. The summed E-state index contributed by atoms with van der Waals surface area (Å²) in [5.41, 5.74) is 3.76. The number of aryl methyl sites for hydroxylation is 1. The van der Waals surface area contributed by atoms with Gasteiger partial charge in [-0.25, -0.2) is 4.39 Å². The molecule has 2 aromatic carbocycles. The van der Waals surface area contributed by atoms with Crippen molar-refractivity contribution < 1.29 is 18.7 Å². The largest absolute Gasteiger partial charge is 0.495 e. The van der Waals surface area contributed by atoms with Crippen LogP contribution in [0.1, 0.15) is 32.1 Å². The molecule has 0 spiro atoms. The van der Waals surface area contributed by atoms with E-state index in [2.05, 4.69) is 10.2 Å². The molecule has 0 atom stereocenters. The van der Waals surface area contributed by atoms with Crippen LogP contribution in [0.3, 0.4) is 0 Å². The highest BCUT2D eigenvalue weighted by Gasteiger charge is 2.23. The maximum Gasteiger partial charge on any atom is 0.257 e. The molecule has 2 amide bonds. The van der Waals surface area contributed by atoms with Gasteiger partial charge in [0.15, 0.2) is 0 Å². The average molecular weight is 465 g/mol. The van der Waals surface area contributed by atoms with Crippen LogP contribution < -0.4 is 10.1 Å². The summed E-state index contributed by atoms with van der Waals surface area (Å²) in [6, 6.07) is 13.0. The number of benzene rings is 2. The number of hydrogen-bond donors (Lipinski definition) is 1. The van der Waals surface area contributed by atoms with E-state index < -0.39 is 0 Å². The van der Waals surface area contributed by atoms with E-state index in [4.69, 9.17) is 4.74 Å². The Hall–Kier alpha value is -3.65. The van der Waals surface area contributed by atoms with E-state index in [1.54, 1.807) is 36.4 Å². The standard InChI is InChI=1S/C26H29FN4O3/c1-17-15-22(18(2)31(17)21-8-6-20(27)7-9-21)25(32)28-23-16-19(5-10-24(23)34-4)26(33)30-13-11-29(3)12-14-30/h5-10,15-16H,11-14H2,1-4H3,(H,28,32). The molecule has 2 heterocycles. The Bertz CT molecular complexity index is 1210. The molecule has 1 aromatic heterocycles. The monoisotopic (exact) mass is 464 g/mol. The summed E-state index contributed by atoms with van der Waals surface area (Å²) in [4.78, 5) is 30.3. The zero-order valence-electron chi connectivity index (χ0n) is 19.9. The molecule has 0 bridgehead atoms. The molecule has 1 fully saturated rings. The van der Waals surface area contributed by atoms with E-state index >= 15 is 0 Å². The third kappa shape index (κ3) is 4.68. The van der Waals surface area contributed by atoms with Gasteiger partial charge in [0.1, 0.15) is 11.6 Å². The second kappa shape index (κ2) is 9.69. The second-order valence-electron chi connectivity index (χ2n) is 8.56. The molecule has 4 rings (SSSR count). The number of carbonyl (C=O) groups is 2. The first kappa shape index (κ1) is 23.5. The molecule has 0 aliphatic carbocycles. The number of nitrogens with one attached hydrogen (secondary N) is 1. The van der Waals surface area contributed by atoms with Crippen LogP contribution >= 0.6 is 0 Å². The lowest BCUT2D eigenvalue weighted by atomic mass is 10.1. The predicted octanol–water partition coefficient (Wildman–Crippen LogP) is 3.88. The summed E-state index contributed by atoms with van der Waals surface area (Å²) in [6.45, 7) is 6.72. The highest BCUT2D eigenvalue weighted by Crippen LogP contribution is 2.28. The number of hydrogen-bond acceptors (Lipinski definition) is 4. The fourth-order valence-electron chi connectivity index (χ4n) is 4.30. The van der Waals surface area contributed by atoms with Gasteiger partial charge in [0.05, 0.1) is 18.4 Å². The normalized spacial score (nSPS) is 14.2. The van der Waals surface area contributed by atoms with Crippen molar-refractivity contribution in [3.63, 3.8) is 0 Å². The number of piperazine rings is 1. The Labute approximate surface area is 198 Å². The Balaban J connectivity index is 1.59. The molecule has 3 aromatic rings. The second-order valence-corrected chi connectivity index (χ2v) is 8.56. The number of halogens is 1. The van der Waals surface area contributed by atoms with E-state index in [1.165, 1.54) is 19.2 Å². The van der Waals surface area contributed by atoms with Crippen molar-refractivity contribution in [1.82, 2.24) is 14.4 Å². The number of nitrogens with zero attached hydrogens (tertiary/aromatic N) is 3. The topological polar surface area (TPSA) is 66.8 Å². The first-order chi connectivity index (χ1) is 16.3. The van der Waals surface area contributed by atoms with Gasteiger partial charge in [0.2, 0.25) is 0 Å². The maximum absolute atomic E-state index is 13.4. The zero-order chi connectivity index (χ0) is 24.4. The Kier molecular flexibility index (Phi) is 6.70. The lowest BCUT2D eigenvalue weighted by molar-refractivity contribution is 0.0664. The van der Waals surface area contributed by atoms with Crippen LogP contribution in [0.4, 0.5) is 10.1 Å². The van der Waals surface area contributed by atoms with Crippen molar-refractivity contribution in [3.8, 4) is 11.4 Å². The fraction of sp³-hybridized carbons (Fsp3) is 0.308. The average Bonchev–Trinajstić information content (AvgIpc) is 3.13. The van der Waals surface area contributed by atoms with Crippen LogP contribution in [0.25, 0.3) is 5.69 Å². The van der Waals surface area contributed by atoms with Crippen LogP contribution in [-0.2, 0) is 0 Å². The Morgan fingerprint density at radius 1 is 0.971 bits per heavy atom. The molecular formula is C26H29FN4O3. The molecule has 34 heavy (non-hydrogen) atoms. The van der Waals surface area contributed by atoms with Gasteiger partial charge in [-0.15, -0.1) is 0 Å². The number of amides is 2. The van der Waals surface area contributed by atoms with E-state index in [-0.39, 0.29) is 17.6 Å². The summed E-state index contributed by atoms with van der Waals surface area (Å²) in [6.07, 6.45) is 0. The zero-order valence-corrected chi connectivity index (χ0v) is 19.9. The van der Waals surface area contributed by atoms with Crippen molar-refractivity contribution in [3.05, 3.63) is 76.9 Å². The van der Waals surface area contributed by atoms with Gasteiger partial charge in [0.25, 0.3) is 11.8 Å². The van der Waals surface area contributed by atoms with E-state index in [0.717, 1.165) is 30.2 Å².